The fourth-order valence-corrected chi connectivity index (χ4v) is 2.89. The second-order valence-corrected chi connectivity index (χ2v) is 5.52. The largest absolute Gasteiger partial charge is 0.324 e. The van der Waals surface area contributed by atoms with Crippen molar-refractivity contribution in [2.75, 3.05) is 0 Å². The van der Waals surface area contributed by atoms with Crippen LogP contribution >= 0.6 is 0 Å². The Labute approximate surface area is 114 Å². The molecule has 0 aromatic heterocycles. The Kier molecular flexibility index (Phi) is 3.00. The first-order valence-electron chi connectivity index (χ1n) is 6.76. The molecule has 1 aliphatic rings. The van der Waals surface area contributed by atoms with Crippen LogP contribution in [0.2, 0.25) is 0 Å². The third kappa shape index (κ3) is 2.22. The van der Waals surface area contributed by atoms with Gasteiger partial charge < -0.3 is 5.73 Å². The summed E-state index contributed by atoms with van der Waals surface area (Å²) in [5, 5.41) is 0. The maximum absolute atomic E-state index is 6.23. The number of rotatable bonds is 3. The highest BCUT2D eigenvalue weighted by Crippen LogP contribution is 2.37. The standard InChI is InChI=1S/C18H19N/c1-12(2)9-18(19)14-7-8-17-15(11-14)10-13-5-3-4-6-16(13)17/h3-8,11,18H,1,9-10,19H2,2H3/t18-/m1/s1. The summed E-state index contributed by atoms with van der Waals surface area (Å²) in [5.74, 6) is 0. The van der Waals surface area contributed by atoms with E-state index in [1.807, 2.05) is 6.92 Å². The van der Waals surface area contributed by atoms with Gasteiger partial charge in [-0.3, -0.25) is 0 Å². The van der Waals surface area contributed by atoms with Crippen LogP contribution in [0.3, 0.4) is 0 Å². The fourth-order valence-electron chi connectivity index (χ4n) is 2.89. The molecule has 0 fully saturated rings. The van der Waals surface area contributed by atoms with Crippen molar-refractivity contribution in [1.29, 1.82) is 0 Å². The summed E-state index contributed by atoms with van der Waals surface area (Å²) < 4.78 is 0. The molecule has 0 unspecified atom stereocenters. The van der Waals surface area contributed by atoms with Gasteiger partial charge in [0.1, 0.15) is 0 Å². The Morgan fingerprint density at radius 1 is 1.16 bits per heavy atom. The second-order valence-electron chi connectivity index (χ2n) is 5.52. The van der Waals surface area contributed by atoms with Crippen molar-refractivity contribution in [3.8, 4) is 11.1 Å². The summed E-state index contributed by atoms with van der Waals surface area (Å²) in [7, 11) is 0. The molecule has 2 aromatic carbocycles. The zero-order valence-electron chi connectivity index (χ0n) is 11.3. The lowest BCUT2D eigenvalue weighted by Crippen LogP contribution is -2.10. The molecule has 0 heterocycles. The molecule has 0 bridgehead atoms. The summed E-state index contributed by atoms with van der Waals surface area (Å²) in [4.78, 5) is 0. The van der Waals surface area contributed by atoms with Crippen LogP contribution in [0.15, 0.2) is 54.6 Å². The molecule has 0 amide bonds. The van der Waals surface area contributed by atoms with Gasteiger partial charge in [0.25, 0.3) is 0 Å². The predicted molar refractivity (Wildman–Crippen MR) is 81.0 cm³/mol. The Hall–Kier alpha value is -1.86. The predicted octanol–water partition coefficient (Wildman–Crippen LogP) is 4.22. The average molecular weight is 249 g/mol. The summed E-state index contributed by atoms with van der Waals surface area (Å²) >= 11 is 0. The van der Waals surface area contributed by atoms with Crippen LogP contribution in [0.5, 0.6) is 0 Å². The third-order valence-electron chi connectivity index (χ3n) is 3.81. The highest BCUT2D eigenvalue weighted by Gasteiger charge is 2.18. The van der Waals surface area contributed by atoms with Gasteiger partial charge in [-0.25, -0.2) is 0 Å². The Balaban J connectivity index is 1.95. The van der Waals surface area contributed by atoms with Crippen molar-refractivity contribution in [2.45, 2.75) is 25.8 Å². The maximum atomic E-state index is 6.23. The average Bonchev–Trinajstić information content (AvgIpc) is 2.75. The fraction of sp³-hybridized carbons (Fsp3) is 0.222. The van der Waals surface area contributed by atoms with Gasteiger partial charge in [0, 0.05) is 6.04 Å². The Bertz CT molecular complexity index is 640. The monoisotopic (exact) mass is 249 g/mol. The van der Waals surface area contributed by atoms with E-state index in [2.05, 4.69) is 49.0 Å². The lowest BCUT2D eigenvalue weighted by Gasteiger charge is -2.13. The summed E-state index contributed by atoms with van der Waals surface area (Å²) in [6.45, 7) is 5.98. The van der Waals surface area contributed by atoms with Gasteiger partial charge in [-0.05, 0) is 47.6 Å². The molecule has 0 saturated carbocycles. The van der Waals surface area contributed by atoms with Crippen molar-refractivity contribution in [3.63, 3.8) is 0 Å². The first kappa shape index (κ1) is 12.2. The van der Waals surface area contributed by atoms with Crippen LogP contribution in [-0.2, 0) is 6.42 Å². The number of fused-ring (bicyclic) bond motifs is 3. The molecule has 1 aliphatic carbocycles. The van der Waals surface area contributed by atoms with Crippen molar-refractivity contribution in [1.82, 2.24) is 0 Å². The van der Waals surface area contributed by atoms with E-state index in [1.165, 1.54) is 27.8 Å². The smallest absolute Gasteiger partial charge is 0.0332 e. The minimum atomic E-state index is 0.0616. The van der Waals surface area contributed by atoms with E-state index in [-0.39, 0.29) is 6.04 Å². The van der Waals surface area contributed by atoms with Gasteiger partial charge in [-0.2, -0.15) is 0 Å². The van der Waals surface area contributed by atoms with Crippen LogP contribution in [0.25, 0.3) is 11.1 Å². The van der Waals surface area contributed by atoms with Crippen molar-refractivity contribution >= 4 is 0 Å². The molecule has 3 rings (SSSR count). The van der Waals surface area contributed by atoms with Gasteiger partial charge in [-0.15, -0.1) is 6.58 Å². The van der Waals surface area contributed by atoms with Gasteiger partial charge in [0.15, 0.2) is 0 Å². The third-order valence-corrected chi connectivity index (χ3v) is 3.81. The minimum Gasteiger partial charge on any atom is -0.324 e. The highest BCUT2D eigenvalue weighted by molar-refractivity contribution is 5.77. The van der Waals surface area contributed by atoms with E-state index in [9.17, 15) is 0 Å². The molecule has 19 heavy (non-hydrogen) atoms. The van der Waals surface area contributed by atoms with E-state index < -0.39 is 0 Å². The molecular weight excluding hydrogens is 230 g/mol. The number of nitrogens with two attached hydrogens (primary N) is 1. The molecule has 2 aromatic rings. The summed E-state index contributed by atoms with van der Waals surface area (Å²) in [6.07, 6.45) is 1.88. The zero-order chi connectivity index (χ0) is 13.4. The molecule has 96 valence electrons. The molecular formula is C18H19N. The Morgan fingerprint density at radius 3 is 2.68 bits per heavy atom. The first-order valence-corrected chi connectivity index (χ1v) is 6.76. The molecule has 1 nitrogen and oxygen atoms in total. The molecule has 2 N–H and O–H groups in total. The molecule has 1 heteroatoms. The lowest BCUT2D eigenvalue weighted by atomic mass is 9.97. The molecule has 1 atom stereocenters. The quantitative estimate of drug-likeness (QED) is 0.691. The van der Waals surface area contributed by atoms with Crippen LogP contribution in [0, 0.1) is 0 Å². The zero-order valence-corrected chi connectivity index (χ0v) is 11.3. The lowest BCUT2D eigenvalue weighted by molar-refractivity contribution is 0.716. The molecule has 0 spiro atoms. The van der Waals surface area contributed by atoms with Gasteiger partial charge in [0.05, 0.1) is 0 Å². The first-order chi connectivity index (χ1) is 9.15. The number of hydrogen-bond acceptors (Lipinski definition) is 1. The van der Waals surface area contributed by atoms with E-state index in [0.29, 0.717) is 0 Å². The van der Waals surface area contributed by atoms with Crippen molar-refractivity contribution < 1.29 is 0 Å². The second kappa shape index (κ2) is 4.67. The highest BCUT2D eigenvalue weighted by atomic mass is 14.6. The van der Waals surface area contributed by atoms with Crippen molar-refractivity contribution in [2.24, 2.45) is 5.73 Å². The normalized spacial score (nSPS) is 13.8. The van der Waals surface area contributed by atoms with Crippen molar-refractivity contribution in [3.05, 3.63) is 71.3 Å². The van der Waals surface area contributed by atoms with E-state index >= 15 is 0 Å². The van der Waals surface area contributed by atoms with Crippen LogP contribution in [-0.4, -0.2) is 0 Å². The molecule has 0 aliphatic heterocycles. The Morgan fingerprint density at radius 2 is 1.89 bits per heavy atom. The van der Waals surface area contributed by atoms with Gasteiger partial charge in [0.2, 0.25) is 0 Å². The van der Waals surface area contributed by atoms with E-state index in [1.54, 1.807) is 0 Å². The summed E-state index contributed by atoms with van der Waals surface area (Å²) in [5.41, 5.74) is 14.1. The van der Waals surface area contributed by atoms with Crippen LogP contribution in [0.1, 0.15) is 36.1 Å². The minimum absolute atomic E-state index is 0.0616. The van der Waals surface area contributed by atoms with Crippen LogP contribution in [0.4, 0.5) is 0 Å². The summed E-state index contributed by atoms with van der Waals surface area (Å²) in [6, 6.07) is 15.3. The maximum Gasteiger partial charge on any atom is 0.0332 e. The SMILES string of the molecule is C=C(C)C[C@@H](N)c1ccc2c(c1)Cc1ccccc1-2. The number of benzene rings is 2. The molecule has 0 saturated heterocycles. The molecule has 0 radical (unpaired) electrons. The van der Waals surface area contributed by atoms with Gasteiger partial charge >= 0.3 is 0 Å². The van der Waals surface area contributed by atoms with E-state index in [4.69, 9.17) is 5.73 Å². The van der Waals surface area contributed by atoms with Crippen LogP contribution < -0.4 is 5.73 Å². The topological polar surface area (TPSA) is 26.0 Å². The number of hydrogen-bond donors (Lipinski definition) is 1. The van der Waals surface area contributed by atoms with Gasteiger partial charge in [-0.1, -0.05) is 48.0 Å². The van der Waals surface area contributed by atoms with E-state index in [0.717, 1.165) is 18.4 Å².